The first-order valence-corrected chi connectivity index (χ1v) is 8.17. The number of hydrogen-bond acceptors (Lipinski definition) is 3. The van der Waals surface area contributed by atoms with E-state index in [2.05, 4.69) is 25.5 Å². The summed E-state index contributed by atoms with van der Waals surface area (Å²) < 4.78 is 34.9. The molecule has 0 aromatic heterocycles. The Morgan fingerprint density at radius 3 is 2.27 bits per heavy atom. The molecule has 0 amide bonds. The Kier molecular flexibility index (Phi) is 6.14. The van der Waals surface area contributed by atoms with E-state index in [4.69, 9.17) is 4.74 Å². The van der Waals surface area contributed by atoms with Gasteiger partial charge in [-0.25, -0.2) is 0 Å². The average Bonchev–Trinajstić information content (AvgIpc) is 2.59. The summed E-state index contributed by atoms with van der Waals surface area (Å²) in [4.78, 5) is 12.4. The van der Waals surface area contributed by atoms with Gasteiger partial charge in [0.15, 0.2) is 17.3 Å². The summed E-state index contributed by atoms with van der Waals surface area (Å²) in [5, 5.41) is 0. The predicted molar refractivity (Wildman–Crippen MR) is 98.1 cm³/mol. The van der Waals surface area contributed by atoms with Crippen LogP contribution in [0.2, 0.25) is 0 Å². The minimum absolute atomic E-state index is 0.000475. The first-order valence-electron chi connectivity index (χ1n) is 8.17. The van der Waals surface area contributed by atoms with Gasteiger partial charge < -0.3 is 9.47 Å². The molecule has 0 aliphatic carbocycles. The van der Waals surface area contributed by atoms with Gasteiger partial charge in [0.1, 0.15) is 0 Å². The molecule has 138 valence electrons. The topological polar surface area (TPSA) is 35.5 Å². The van der Waals surface area contributed by atoms with Crippen molar-refractivity contribution in [3.63, 3.8) is 0 Å². The number of ketones is 1. The number of benzene rings is 2. The van der Waals surface area contributed by atoms with Crippen molar-refractivity contribution in [2.24, 2.45) is 0 Å². The SMILES string of the molecule is COc1cccc(/C=C/C(=O)c2ccc(C(C)(C)C)cc2)c1OC(F)F. The third-order valence-corrected chi connectivity index (χ3v) is 3.89. The normalized spacial score (nSPS) is 11.8. The van der Waals surface area contributed by atoms with Crippen molar-refractivity contribution in [2.75, 3.05) is 7.11 Å². The molecule has 0 aliphatic heterocycles. The fraction of sp³-hybridized carbons (Fsp3) is 0.286. The van der Waals surface area contributed by atoms with Crippen LogP contribution in [0.4, 0.5) is 8.78 Å². The first kappa shape index (κ1) is 19.6. The summed E-state index contributed by atoms with van der Waals surface area (Å²) >= 11 is 0. The van der Waals surface area contributed by atoms with Crippen LogP contribution in [-0.2, 0) is 5.41 Å². The van der Waals surface area contributed by atoms with E-state index in [0.29, 0.717) is 11.1 Å². The molecule has 0 unspecified atom stereocenters. The van der Waals surface area contributed by atoms with Crippen LogP contribution in [0, 0.1) is 0 Å². The molecule has 2 rings (SSSR count). The Balaban J connectivity index is 2.25. The molecule has 0 aliphatic rings. The summed E-state index contributed by atoms with van der Waals surface area (Å²) in [6, 6.07) is 12.1. The summed E-state index contributed by atoms with van der Waals surface area (Å²) in [7, 11) is 1.36. The molecule has 0 saturated heterocycles. The summed E-state index contributed by atoms with van der Waals surface area (Å²) in [6.07, 6.45) is 2.78. The predicted octanol–water partition coefficient (Wildman–Crippen LogP) is 5.49. The summed E-state index contributed by atoms with van der Waals surface area (Å²) in [5.74, 6) is -0.150. The van der Waals surface area contributed by atoms with Crippen molar-refractivity contribution in [2.45, 2.75) is 32.8 Å². The van der Waals surface area contributed by atoms with E-state index in [-0.39, 0.29) is 22.7 Å². The van der Waals surface area contributed by atoms with Crippen molar-refractivity contribution in [1.29, 1.82) is 0 Å². The standard InChI is InChI=1S/C21H22F2O3/c1-21(2,3)16-11-8-14(9-12-16)17(24)13-10-15-6-5-7-18(25-4)19(15)26-20(22)23/h5-13,20H,1-4H3/b13-10+. The molecule has 0 atom stereocenters. The number of methoxy groups -OCH3 is 1. The summed E-state index contributed by atoms with van der Waals surface area (Å²) in [5.41, 5.74) is 1.98. The van der Waals surface area contributed by atoms with E-state index in [1.165, 1.54) is 25.3 Å². The molecule has 2 aromatic rings. The molecule has 0 fully saturated rings. The number of hydrogen-bond donors (Lipinski definition) is 0. The largest absolute Gasteiger partial charge is 0.493 e. The molecule has 5 heteroatoms. The number of carbonyl (C=O) groups is 1. The van der Waals surface area contributed by atoms with Crippen LogP contribution < -0.4 is 9.47 Å². The van der Waals surface area contributed by atoms with E-state index >= 15 is 0 Å². The van der Waals surface area contributed by atoms with Gasteiger partial charge in [-0.05, 0) is 29.2 Å². The van der Waals surface area contributed by atoms with Crippen LogP contribution in [-0.4, -0.2) is 19.5 Å². The fourth-order valence-electron chi connectivity index (χ4n) is 2.44. The monoisotopic (exact) mass is 360 g/mol. The highest BCUT2D eigenvalue weighted by Gasteiger charge is 2.15. The minimum Gasteiger partial charge on any atom is -0.493 e. The Hall–Kier alpha value is -2.69. The Bertz CT molecular complexity index is 788. The number of allylic oxidation sites excluding steroid dienone is 1. The van der Waals surface area contributed by atoms with E-state index in [1.54, 1.807) is 24.3 Å². The second-order valence-corrected chi connectivity index (χ2v) is 6.78. The van der Waals surface area contributed by atoms with Crippen molar-refractivity contribution in [1.82, 2.24) is 0 Å². The van der Waals surface area contributed by atoms with Crippen molar-refractivity contribution in [3.05, 3.63) is 65.2 Å². The molecular weight excluding hydrogens is 338 g/mol. The molecule has 0 heterocycles. The third kappa shape index (κ3) is 4.91. The highest BCUT2D eigenvalue weighted by Crippen LogP contribution is 2.33. The fourth-order valence-corrected chi connectivity index (χ4v) is 2.44. The Morgan fingerprint density at radius 2 is 1.73 bits per heavy atom. The minimum atomic E-state index is -2.99. The maximum Gasteiger partial charge on any atom is 0.387 e. The van der Waals surface area contributed by atoms with Gasteiger partial charge in [-0.1, -0.05) is 57.2 Å². The van der Waals surface area contributed by atoms with Gasteiger partial charge in [-0.15, -0.1) is 0 Å². The molecule has 0 bridgehead atoms. The molecule has 2 aromatic carbocycles. The van der Waals surface area contributed by atoms with Crippen LogP contribution in [0.15, 0.2) is 48.5 Å². The van der Waals surface area contributed by atoms with Gasteiger partial charge in [-0.3, -0.25) is 4.79 Å². The van der Waals surface area contributed by atoms with Crippen molar-refractivity contribution in [3.8, 4) is 11.5 Å². The number of alkyl halides is 2. The van der Waals surface area contributed by atoms with E-state index in [9.17, 15) is 13.6 Å². The van der Waals surface area contributed by atoms with Crippen molar-refractivity contribution < 1.29 is 23.0 Å². The number of rotatable bonds is 6. The molecular formula is C21H22F2O3. The maximum absolute atomic E-state index is 12.6. The number of ether oxygens (including phenoxy) is 2. The number of para-hydroxylation sites is 1. The van der Waals surface area contributed by atoms with Gasteiger partial charge in [0, 0.05) is 11.1 Å². The molecule has 3 nitrogen and oxygen atoms in total. The Morgan fingerprint density at radius 1 is 1.08 bits per heavy atom. The molecule has 0 N–H and O–H groups in total. The lowest BCUT2D eigenvalue weighted by molar-refractivity contribution is -0.0513. The number of halogens is 2. The quantitative estimate of drug-likeness (QED) is 0.505. The summed E-state index contributed by atoms with van der Waals surface area (Å²) in [6.45, 7) is 3.30. The molecule has 26 heavy (non-hydrogen) atoms. The highest BCUT2D eigenvalue weighted by molar-refractivity contribution is 6.07. The first-order chi connectivity index (χ1) is 12.2. The second kappa shape index (κ2) is 8.13. The Labute approximate surface area is 152 Å². The van der Waals surface area contributed by atoms with E-state index in [0.717, 1.165) is 5.56 Å². The second-order valence-electron chi connectivity index (χ2n) is 6.78. The number of carbonyl (C=O) groups excluding carboxylic acids is 1. The van der Waals surface area contributed by atoms with Crippen LogP contribution in [0.5, 0.6) is 11.5 Å². The van der Waals surface area contributed by atoms with Gasteiger partial charge in [-0.2, -0.15) is 8.78 Å². The van der Waals surface area contributed by atoms with Crippen LogP contribution >= 0.6 is 0 Å². The van der Waals surface area contributed by atoms with Crippen LogP contribution in [0.3, 0.4) is 0 Å². The lowest BCUT2D eigenvalue weighted by atomic mass is 9.86. The van der Waals surface area contributed by atoms with Gasteiger partial charge in [0.05, 0.1) is 7.11 Å². The third-order valence-electron chi connectivity index (χ3n) is 3.89. The van der Waals surface area contributed by atoms with Gasteiger partial charge in [0.2, 0.25) is 0 Å². The van der Waals surface area contributed by atoms with Crippen LogP contribution in [0.25, 0.3) is 6.08 Å². The van der Waals surface area contributed by atoms with Gasteiger partial charge >= 0.3 is 6.61 Å². The smallest absolute Gasteiger partial charge is 0.387 e. The highest BCUT2D eigenvalue weighted by atomic mass is 19.3. The van der Waals surface area contributed by atoms with Crippen molar-refractivity contribution >= 4 is 11.9 Å². The van der Waals surface area contributed by atoms with E-state index < -0.39 is 6.61 Å². The molecule has 0 spiro atoms. The zero-order valence-corrected chi connectivity index (χ0v) is 15.3. The maximum atomic E-state index is 12.6. The lowest BCUT2D eigenvalue weighted by Gasteiger charge is -2.18. The van der Waals surface area contributed by atoms with Crippen LogP contribution in [0.1, 0.15) is 42.3 Å². The molecule has 0 radical (unpaired) electrons. The van der Waals surface area contributed by atoms with E-state index in [1.807, 2.05) is 12.1 Å². The zero-order valence-electron chi connectivity index (χ0n) is 15.3. The zero-order chi connectivity index (χ0) is 19.3. The molecule has 0 saturated carbocycles. The lowest BCUT2D eigenvalue weighted by Crippen LogP contribution is -2.11. The average molecular weight is 360 g/mol. The van der Waals surface area contributed by atoms with Gasteiger partial charge in [0.25, 0.3) is 0 Å².